The highest BCUT2D eigenvalue weighted by molar-refractivity contribution is 5.84. The second-order valence-electron chi connectivity index (χ2n) is 23.4. The van der Waals surface area contributed by atoms with Crippen LogP contribution in [0.3, 0.4) is 0 Å². The van der Waals surface area contributed by atoms with Gasteiger partial charge < -0.3 is 189 Å². The van der Waals surface area contributed by atoms with Gasteiger partial charge >= 0.3 is 5.97 Å². The molecule has 1 aromatic carbocycles. The Morgan fingerprint density at radius 1 is 0.344 bits per heavy atom. The number of phenolic OH excluding ortho intramolecular Hbond substituents is 1. The average Bonchev–Trinajstić information content (AvgIpc) is 0.793. The zero-order valence-electron chi connectivity index (χ0n) is 48.8. The van der Waals surface area contributed by atoms with E-state index in [4.69, 9.17) is 66.3 Å². The number of carboxylic acid groups (broad SMARTS) is 1. The third-order valence-corrected chi connectivity index (χ3v) is 17.2. The molecule has 0 unspecified atom stereocenters. The van der Waals surface area contributed by atoms with Gasteiger partial charge in [-0.15, -0.1) is 0 Å². The molecule has 0 aliphatic carbocycles. The Morgan fingerprint density at radius 3 is 0.796 bits per heavy atom. The molecule has 40 nitrogen and oxygen atoms in total. The monoisotopic (exact) mass is 1350 g/mol. The van der Waals surface area contributed by atoms with Crippen LogP contribution in [0.5, 0.6) is 5.75 Å². The van der Waals surface area contributed by atoms with Gasteiger partial charge in [-0.2, -0.15) is 0 Å². The molecule has 21 saturated heterocycles. The van der Waals surface area contributed by atoms with Crippen molar-refractivity contribution in [2.75, 3.05) is 52.7 Å². The van der Waals surface area contributed by atoms with E-state index < -0.39 is 286 Å². The van der Waals surface area contributed by atoms with Crippen molar-refractivity contribution in [3.63, 3.8) is 0 Å². The topological polar surface area (TPSA) is 632 Å². The number of aliphatic carboxylic acids is 1. The smallest absolute Gasteiger partial charge is 0.326 e. The SMILES string of the molecule is O=C(CNC[C@H]1O[C@@H]2O[C@H]3[C@H](O)[C@H](O)[C@@H](O[C@H]4[C@H](O)[C@H](O)[C@@H](O[C@H]5[C@H](O)[C@@H](O)[C@@H](O[C@H]6[C@H](O)[C@@H](O)[C@@H](O[C@H]7[C@H](O)[C@@H](O)[C@@H](O[C@H]8[C@H](O)[C@@H](O)[C@@H](O[C@H]1[C@H](O)[C@H]2O)O[C@@H]8CO)O[C@@H]7CO)O[C@@H]6CO)O[C@@H]5CO)O[C@@H]4CO)O[C@@H]3CO)N[C@@H](Cc1ccc(O)cc1)C(=O)O. The van der Waals surface area contributed by atoms with Crippen molar-refractivity contribution in [3.05, 3.63) is 29.8 Å². The second-order valence-corrected chi connectivity index (χ2v) is 23.4. The van der Waals surface area contributed by atoms with Gasteiger partial charge in [0, 0.05) is 13.0 Å². The third-order valence-electron chi connectivity index (χ3n) is 17.2. The molecule has 24 N–H and O–H groups in total. The third kappa shape index (κ3) is 15.9. The molecule has 21 aliphatic heterocycles. The number of aromatic hydroxyl groups is 1. The number of carboxylic acids is 1. The van der Waals surface area contributed by atoms with Gasteiger partial charge in [0.05, 0.1) is 46.2 Å². The normalized spacial score (nSPS) is 48.1. The number of amides is 1. The lowest BCUT2D eigenvalue weighted by Gasteiger charge is -2.50. The van der Waals surface area contributed by atoms with E-state index in [2.05, 4.69) is 10.6 Å². The fraction of sp³-hybridized carbons (Fsp3) is 0.849. The average molecular weight is 1360 g/mol. The van der Waals surface area contributed by atoms with Crippen molar-refractivity contribution < 1.29 is 188 Å². The van der Waals surface area contributed by atoms with Crippen LogP contribution in [-0.4, -0.2) is 398 Å². The number of aliphatic hydroxyl groups is 20. The number of ether oxygens (including phenoxy) is 14. The number of aliphatic hydroxyl groups excluding tert-OH is 20. The number of carbonyl (C=O) groups excluding carboxylic acids is 1. The Bertz CT molecular complexity index is 2510. The molecule has 0 aromatic heterocycles. The first-order chi connectivity index (χ1) is 44.3. The molecule has 532 valence electrons. The lowest BCUT2D eigenvalue weighted by Crippen LogP contribution is -2.68. The molecule has 40 heteroatoms. The maximum Gasteiger partial charge on any atom is 0.326 e. The minimum Gasteiger partial charge on any atom is -0.508 e. The molecule has 36 atom stereocenters. The molecule has 0 radical (unpaired) electrons. The predicted octanol–water partition coefficient (Wildman–Crippen LogP) is -15.1. The number of phenols is 1. The van der Waals surface area contributed by atoms with Gasteiger partial charge in [0.1, 0.15) is 183 Å². The highest BCUT2D eigenvalue weighted by atomic mass is 16.8. The van der Waals surface area contributed by atoms with E-state index in [-0.39, 0.29) is 12.2 Å². The standard InChI is InChI=1S/C53H82N2O38/c56-8-18-40-27(66)34(73)49(82-18)90-42-20(10-58)84-51(36(75)29(42)68)92-44-22(12-60)86-53(38(77)31(44)70)93-45-23(13-61)85-52(37(76)30(45)69)91-43-21(11-59)83-50(35(74)28(43)67)89-41-19(9-57)81-48(33(72)26(41)65)87-39-17(80-47(88-40)32(71)25(39)64)6-54-7-24(63)55-16(46(78)79)5-14-1-3-15(62)4-2-14/h1-4,16-23,25-45,47-54,56-62,64-77H,5-13H2,(H,55,63)(H,78,79)/t16-,17+,18+,19+,20+,21+,22+,23+,25+,26+,27+,28+,29+,30+,31+,32+,33+,34-,35+,36-,37+,38+,39+,40+,41+,42+,43+,44+,45+,47+,48+,49+,50+,51+,52+,53+/m0/s1. The van der Waals surface area contributed by atoms with Crippen LogP contribution in [0.1, 0.15) is 5.56 Å². The molecule has 93 heavy (non-hydrogen) atoms. The molecule has 21 heterocycles. The Hall–Kier alpha value is -3.44. The minimum absolute atomic E-state index is 0.112. The van der Waals surface area contributed by atoms with Crippen LogP contribution in [0, 0.1) is 0 Å². The summed E-state index contributed by atoms with van der Waals surface area (Å²) in [7, 11) is 0. The first-order valence-electron chi connectivity index (χ1n) is 29.6. The molecule has 1 amide bonds. The quantitative estimate of drug-likeness (QED) is 0.0822. The van der Waals surface area contributed by atoms with Crippen molar-refractivity contribution >= 4 is 11.9 Å². The molecular weight excluding hydrogens is 1270 g/mol. The molecule has 1 aromatic rings. The van der Waals surface area contributed by atoms with Gasteiger partial charge in [-0.3, -0.25) is 4.79 Å². The highest BCUT2D eigenvalue weighted by Gasteiger charge is 2.60. The Kier molecular flexibility index (Phi) is 25.4. The summed E-state index contributed by atoms with van der Waals surface area (Å²) < 4.78 is 80.9. The molecule has 21 aliphatic rings. The van der Waals surface area contributed by atoms with Crippen molar-refractivity contribution in [1.29, 1.82) is 0 Å². The van der Waals surface area contributed by atoms with Gasteiger partial charge in [0.15, 0.2) is 44.0 Å². The lowest BCUT2D eigenvalue weighted by molar-refractivity contribution is -0.396. The van der Waals surface area contributed by atoms with Crippen molar-refractivity contribution in [2.24, 2.45) is 0 Å². The zero-order chi connectivity index (χ0) is 67.6. The Balaban J connectivity index is 0.998. The number of hydrogen-bond donors (Lipinski definition) is 24. The van der Waals surface area contributed by atoms with Gasteiger partial charge in [-0.05, 0) is 17.7 Å². The van der Waals surface area contributed by atoms with Crippen LogP contribution in [0.4, 0.5) is 0 Å². The zero-order valence-corrected chi connectivity index (χ0v) is 48.8. The maximum absolute atomic E-state index is 13.3. The number of benzene rings is 1. The predicted molar refractivity (Wildman–Crippen MR) is 286 cm³/mol. The van der Waals surface area contributed by atoms with E-state index in [9.17, 15) is 122 Å². The summed E-state index contributed by atoms with van der Waals surface area (Å²) in [4.78, 5) is 25.5. The molecular formula is C53H82N2O38. The van der Waals surface area contributed by atoms with E-state index >= 15 is 0 Å². The van der Waals surface area contributed by atoms with Crippen LogP contribution in [-0.2, 0) is 82.3 Å². The van der Waals surface area contributed by atoms with E-state index in [0.29, 0.717) is 5.56 Å². The molecule has 0 saturated carbocycles. The van der Waals surface area contributed by atoms with Gasteiger partial charge in [0.2, 0.25) is 5.91 Å². The summed E-state index contributed by atoms with van der Waals surface area (Å²) in [5.41, 5.74) is 0.408. The highest BCUT2D eigenvalue weighted by Crippen LogP contribution is 2.39. The second kappa shape index (κ2) is 32.0. The number of carbonyl (C=O) groups is 2. The Morgan fingerprint density at radius 2 is 0.570 bits per heavy atom. The number of rotatable bonds is 14. The number of hydrogen-bond acceptors (Lipinski definition) is 38. The summed E-state index contributed by atoms with van der Waals surface area (Å²) >= 11 is 0. The summed E-state index contributed by atoms with van der Waals surface area (Å²) in [6.45, 7) is -7.94. The summed E-state index contributed by atoms with van der Waals surface area (Å²) in [5.74, 6) is -2.50. The maximum atomic E-state index is 13.3. The first kappa shape index (κ1) is 73.8. The van der Waals surface area contributed by atoms with Crippen LogP contribution in [0.2, 0.25) is 0 Å². The van der Waals surface area contributed by atoms with Gasteiger partial charge in [0.25, 0.3) is 0 Å². The number of nitrogens with one attached hydrogen (secondary N) is 2. The van der Waals surface area contributed by atoms with E-state index in [1.54, 1.807) is 0 Å². The molecule has 0 spiro atoms. The van der Waals surface area contributed by atoms with Crippen LogP contribution >= 0.6 is 0 Å². The van der Waals surface area contributed by atoms with Crippen LogP contribution < -0.4 is 10.6 Å². The van der Waals surface area contributed by atoms with Crippen molar-refractivity contribution in [1.82, 2.24) is 10.6 Å². The van der Waals surface area contributed by atoms with Gasteiger partial charge in [-0.1, -0.05) is 12.1 Å². The minimum atomic E-state index is -2.32. The fourth-order valence-corrected chi connectivity index (χ4v) is 12.1. The summed E-state index contributed by atoms with van der Waals surface area (Å²) in [5, 5.41) is 249. The van der Waals surface area contributed by atoms with Crippen molar-refractivity contribution in [2.45, 2.75) is 227 Å². The molecule has 21 fully saturated rings. The van der Waals surface area contributed by atoms with Crippen LogP contribution in [0.15, 0.2) is 24.3 Å². The lowest BCUT2D eigenvalue weighted by atomic mass is 9.95. The first-order valence-corrected chi connectivity index (χ1v) is 29.6. The molecule has 22 rings (SSSR count). The van der Waals surface area contributed by atoms with Crippen molar-refractivity contribution in [3.8, 4) is 5.75 Å². The fourth-order valence-electron chi connectivity index (χ4n) is 12.1. The Labute approximate surface area is 525 Å². The van der Waals surface area contributed by atoms with E-state index in [1.165, 1.54) is 24.3 Å². The van der Waals surface area contributed by atoms with Gasteiger partial charge in [-0.25, -0.2) is 4.79 Å². The van der Waals surface area contributed by atoms with E-state index in [0.717, 1.165) is 0 Å². The van der Waals surface area contributed by atoms with E-state index in [1.807, 2.05) is 0 Å². The van der Waals surface area contributed by atoms with Crippen LogP contribution in [0.25, 0.3) is 0 Å². The largest absolute Gasteiger partial charge is 0.508 e. The summed E-state index contributed by atoms with van der Waals surface area (Å²) in [6.07, 6.45) is -72.8. The molecule has 14 bridgehead atoms. The summed E-state index contributed by atoms with van der Waals surface area (Å²) in [6, 6.07) is 3.91.